The first-order valence-corrected chi connectivity index (χ1v) is 4.89. The van der Waals surface area contributed by atoms with Crippen LogP contribution in [0.4, 0.5) is 0 Å². The number of thiophene rings is 1. The van der Waals surface area contributed by atoms with Crippen LogP contribution < -0.4 is 4.74 Å². The van der Waals surface area contributed by atoms with E-state index >= 15 is 0 Å². The molecule has 1 unspecified atom stereocenters. The summed E-state index contributed by atoms with van der Waals surface area (Å²) < 4.78 is 5.44. The van der Waals surface area contributed by atoms with Crippen LogP contribution in [0.15, 0.2) is 11.4 Å². The summed E-state index contributed by atoms with van der Waals surface area (Å²) in [6.45, 7) is 3.33. The maximum Gasteiger partial charge on any atom is 0.209 e. The van der Waals surface area contributed by atoms with E-state index in [0.717, 1.165) is 0 Å². The number of carbonyl (C=O) groups excluding carboxylic acids is 1. The van der Waals surface area contributed by atoms with Crippen molar-refractivity contribution in [2.45, 2.75) is 25.6 Å². The summed E-state index contributed by atoms with van der Waals surface area (Å²) >= 11 is 1.34. The second-order valence-electron chi connectivity index (χ2n) is 3.53. The van der Waals surface area contributed by atoms with Gasteiger partial charge in [-0.25, -0.2) is 0 Å². The van der Waals surface area contributed by atoms with Crippen molar-refractivity contribution in [1.82, 2.24) is 0 Å². The van der Waals surface area contributed by atoms with Gasteiger partial charge in [0.25, 0.3) is 0 Å². The summed E-state index contributed by atoms with van der Waals surface area (Å²) in [6.07, 6.45) is -1.02. The van der Waals surface area contributed by atoms with E-state index in [0.29, 0.717) is 10.6 Å². The fraction of sp³-hybridized carbons (Fsp3) is 0.444. The number of aliphatic hydroxyl groups excluding tert-OH is 1. The molecule has 2 heterocycles. The summed E-state index contributed by atoms with van der Waals surface area (Å²) in [4.78, 5) is 12.2. The van der Waals surface area contributed by atoms with E-state index in [-0.39, 0.29) is 5.78 Å². The van der Waals surface area contributed by atoms with Gasteiger partial charge in [-0.15, -0.1) is 11.3 Å². The zero-order valence-electron chi connectivity index (χ0n) is 7.40. The molecule has 3 nitrogen and oxygen atoms in total. The molecule has 0 spiro atoms. The standard InChI is InChI=1S/C9H10O3S/c1-9(2)8(11)6(10)7-5(12-9)3-4-13-7/h3-4,6,10H,1-2H3. The summed E-state index contributed by atoms with van der Waals surface area (Å²) in [5.74, 6) is 0.351. The monoisotopic (exact) mass is 198 g/mol. The molecule has 0 radical (unpaired) electrons. The summed E-state index contributed by atoms with van der Waals surface area (Å²) in [5.41, 5.74) is -0.909. The van der Waals surface area contributed by atoms with Gasteiger partial charge >= 0.3 is 0 Å². The molecule has 1 aromatic rings. The third-order valence-corrected chi connectivity index (χ3v) is 3.06. The molecule has 1 N–H and O–H groups in total. The van der Waals surface area contributed by atoms with Gasteiger partial charge in [0.1, 0.15) is 5.75 Å². The summed E-state index contributed by atoms with van der Waals surface area (Å²) in [7, 11) is 0. The van der Waals surface area contributed by atoms with Gasteiger partial charge in [-0.1, -0.05) is 0 Å². The van der Waals surface area contributed by atoms with Crippen LogP contribution in [0.25, 0.3) is 0 Å². The van der Waals surface area contributed by atoms with Crippen molar-refractivity contribution in [2.24, 2.45) is 0 Å². The van der Waals surface area contributed by atoms with E-state index < -0.39 is 11.7 Å². The Morgan fingerprint density at radius 3 is 3.00 bits per heavy atom. The number of rotatable bonds is 0. The smallest absolute Gasteiger partial charge is 0.209 e. The van der Waals surface area contributed by atoms with Crippen LogP contribution in [-0.2, 0) is 4.79 Å². The molecule has 70 valence electrons. The highest BCUT2D eigenvalue weighted by Crippen LogP contribution is 2.40. The predicted molar refractivity (Wildman–Crippen MR) is 49.0 cm³/mol. The second-order valence-corrected chi connectivity index (χ2v) is 4.48. The zero-order chi connectivity index (χ0) is 9.64. The van der Waals surface area contributed by atoms with E-state index in [1.54, 1.807) is 19.9 Å². The van der Waals surface area contributed by atoms with Gasteiger partial charge in [0, 0.05) is 0 Å². The van der Waals surface area contributed by atoms with Crippen LogP contribution in [0.3, 0.4) is 0 Å². The van der Waals surface area contributed by atoms with Crippen molar-refractivity contribution >= 4 is 17.1 Å². The van der Waals surface area contributed by atoms with Crippen LogP contribution in [0.2, 0.25) is 0 Å². The maximum absolute atomic E-state index is 11.5. The molecule has 2 rings (SSSR count). The number of hydrogen-bond acceptors (Lipinski definition) is 4. The van der Waals surface area contributed by atoms with Crippen molar-refractivity contribution in [2.75, 3.05) is 0 Å². The molecule has 1 aliphatic rings. The van der Waals surface area contributed by atoms with Crippen molar-refractivity contribution < 1.29 is 14.6 Å². The molecule has 0 saturated heterocycles. The molecule has 0 fully saturated rings. The molecule has 1 aromatic heterocycles. The fourth-order valence-electron chi connectivity index (χ4n) is 1.37. The molecule has 1 atom stereocenters. The molecule has 0 saturated carbocycles. The van der Waals surface area contributed by atoms with E-state index in [9.17, 15) is 9.90 Å². The molecule has 0 bridgehead atoms. The summed E-state index contributed by atoms with van der Waals surface area (Å²) in [5, 5.41) is 11.4. The highest BCUT2D eigenvalue weighted by Gasteiger charge is 2.42. The topological polar surface area (TPSA) is 46.5 Å². The van der Waals surface area contributed by atoms with Gasteiger partial charge in [0.15, 0.2) is 11.7 Å². The normalized spacial score (nSPS) is 25.2. The number of aliphatic hydroxyl groups is 1. The van der Waals surface area contributed by atoms with E-state index in [1.807, 2.05) is 5.38 Å². The minimum absolute atomic E-state index is 0.276. The van der Waals surface area contributed by atoms with Crippen molar-refractivity contribution in [3.05, 3.63) is 16.3 Å². The minimum Gasteiger partial charge on any atom is -0.479 e. The largest absolute Gasteiger partial charge is 0.479 e. The quantitative estimate of drug-likeness (QED) is 0.687. The Labute approximate surface area is 80.0 Å². The van der Waals surface area contributed by atoms with Gasteiger partial charge in [-0.05, 0) is 25.3 Å². The van der Waals surface area contributed by atoms with Gasteiger partial charge in [-0.3, -0.25) is 4.79 Å². The van der Waals surface area contributed by atoms with E-state index in [4.69, 9.17) is 4.74 Å². The molecular weight excluding hydrogens is 188 g/mol. The highest BCUT2D eigenvalue weighted by molar-refractivity contribution is 7.10. The Kier molecular flexibility index (Phi) is 1.72. The number of ketones is 1. The molecular formula is C9H10O3S. The van der Waals surface area contributed by atoms with Gasteiger partial charge < -0.3 is 9.84 Å². The van der Waals surface area contributed by atoms with Crippen LogP contribution in [0.5, 0.6) is 5.75 Å². The SMILES string of the molecule is CC1(C)Oc2ccsc2C(O)C1=O. The molecule has 0 aromatic carbocycles. The lowest BCUT2D eigenvalue weighted by Crippen LogP contribution is -2.44. The first-order chi connectivity index (χ1) is 6.02. The van der Waals surface area contributed by atoms with Crippen molar-refractivity contribution in [3.63, 3.8) is 0 Å². The molecule has 0 amide bonds. The lowest BCUT2D eigenvalue weighted by atomic mass is 9.95. The lowest BCUT2D eigenvalue weighted by molar-refractivity contribution is -0.143. The minimum atomic E-state index is -1.02. The Balaban J connectivity index is 2.50. The third-order valence-electron chi connectivity index (χ3n) is 2.11. The van der Waals surface area contributed by atoms with Crippen LogP contribution in [0, 0.1) is 0 Å². The van der Waals surface area contributed by atoms with Gasteiger partial charge in [0.2, 0.25) is 5.78 Å². The maximum atomic E-state index is 11.5. The average Bonchev–Trinajstić information content (AvgIpc) is 2.47. The molecule has 0 aliphatic carbocycles. The third kappa shape index (κ3) is 1.17. The van der Waals surface area contributed by atoms with Crippen LogP contribution in [-0.4, -0.2) is 16.5 Å². The Morgan fingerprint density at radius 1 is 1.62 bits per heavy atom. The number of Topliss-reactive ketones (excluding diaryl/α,β-unsaturated/α-hetero) is 1. The molecule has 1 aliphatic heterocycles. The van der Waals surface area contributed by atoms with Crippen molar-refractivity contribution in [1.29, 1.82) is 0 Å². The van der Waals surface area contributed by atoms with Crippen LogP contribution >= 0.6 is 11.3 Å². The van der Waals surface area contributed by atoms with Gasteiger partial charge in [0.05, 0.1) is 4.88 Å². The van der Waals surface area contributed by atoms with E-state index in [1.165, 1.54) is 11.3 Å². The highest BCUT2D eigenvalue weighted by atomic mass is 32.1. The Morgan fingerprint density at radius 2 is 2.31 bits per heavy atom. The first-order valence-electron chi connectivity index (χ1n) is 4.01. The summed E-state index contributed by atoms with van der Waals surface area (Å²) in [6, 6.07) is 1.78. The zero-order valence-corrected chi connectivity index (χ0v) is 8.22. The number of carbonyl (C=O) groups is 1. The Hall–Kier alpha value is -0.870. The van der Waals surface area contributed by atoms with Gasteiger partial charge in [-0.2, -0.15) is 0 Å². The predicted octanol–water partition coefficient (Wildman–Crippen LogP) is 1.52. The Bertz CT molecular complexity index is 353. The number of fused-ring (bicyclic) bond motifs is 1. The fourth-order valence-corrected chi connectivity index (χ4v) is 2.17. The average molecular weight is 198 g/mol. The second kappa shape index (κ2) is 2.56. The van der Waals surface area contributed by atoms with E-state index in [2.05, 4.69) is 0 Å². The number of ether oxygens (including phenoxy) is 1. The molecule has 4 heteroatoms. The molecule has 13 heavy (non-hydrogen) atoms. The number of hydrogen-bond donors (Lipinski definition) is 1. The lowest BCUT2D eigenvalue weighted by Gasteiger charge is -2.31. The first kappa shape index (κ1) is 8.72. The van der Waals surface area contributed by atoms with Crippen LogP contribution in [0.1, 0.15) is 24.8 Å². The van der Waals surface area contributed by atoms with Crippen molar-refractivity contribution in [3.8, 4) is 5.75 Å².